The smallest absolute Gasteiger partial charge is 0.244 e. The van der Waals surface area contributed by atoms with Crippen molar-refractivity contribution in [2.24, 2.45) is 5.92 Å². The summed E-state index contributed by atoms with van der Waals surface area (Å²) in [6.07, 6.45) is 0.925. The van der Waals surface area contributed by atoms with Crippen LogP contribution in [0, 0.1) is 17.6 Å². The van der Waals surface area contributed by atoms with Crippen molar-refractivity contribution in [1.29, 1.82) is 0 Å². The van der Waals surface area contributed by atoms with Crippen LogP contribution in [0.4, 0.5) is 8.78 Å². The predicted octanol–water partition coefficient (Wildman–Crippen LogP) is 3.82. The lowest BCUT2D eigenvalue weighted by molar-refractivity contribution is 0.0905. The van der Waals surface area contributed by atoms with Crippen molar-refractivity contribution in [2.75, 3.05) is 0 Å². The molecule has 146 valence electrons. The molecule has 1 aromatic carbocycles. The molecule has 7 nitrogen and oxygen atoms in total. The van der Waals surface area contributed by atoms with Gasteiger partial charge in [0.05, 0.1) is 0 Å². The molecule has 4 rings (SSSR count). The summed E-state index contributed by atoms with van der Waals surface area (Å²) in [4.78, 5) is 12.4. The van der Waals surface area contributed by atoms with Crippen molar-refractivity contribution < 1.29 is 27.6 Å². The maximum Gasteiger partial charge on any atom is 0.244 e. The summed E-state index contributed by atoms with van der Waals surface area (Å²) < 4.78 is 36.9. The Hall–Kier alpha value is -2.94. The minimum Gasteiger partial charge on any atom is -0.422 e. The van der Waals surface area contributed by atoms with Gasteiger partial charge >= 0.3 is 0 Å². The number of ketones is 1. The zero-order chi connectivity index (χ0) is 19.8. The maximum atomic E-state index is 13.3. The molecule has 28 heavy (non-hydrogen) atoms. The molecule has 0 amide bonds. The average Bonchev–Trinajstić information content (AvgIpc) is 3.29. The van der Waals surface area contributed by atoms with Crippen molar-refractivity contribution in [3.63, 3.8) is 0 Å². The number of Topliss-reactive ketones (excluding diaryl/α,β-unsaturated/α-hetero) is 1. The molecule has 0 unspecified atom stereocenters. The number of aliphatic hydroxyl groups is 1. The first-order valence-electron chi connectivity index (χ1n) is 8.87. The van der Waals surface area contributed by atoms with Gasteiger partial charge in [-0.25, -0.2) is 8.78 Å². The molecule has 2 aromatic heterocycles. The normalized spacial score (nSPS) is 20.0. The molecule has 0 radical (unpaired) electrons. The molecule has 1 fully saturated rings. The van der Waals surface area contributed by atoms with E-state index in [2.05, 4.69) is 15.4 Å². The fraction of sp³-hybridized carbons (Fsp3) is 0.368. The third-order valence-corrected chi connectivity index (χ3v) is 4.87. The molecule has 3 aromatic rings. The molecular weight excluding hydrogens is 372 g/mol. The van der Waals surface area contributed by atoms with E-state index in [9.17, 15) is 18.7 Å². The minimum absolute atomic E-state index is 0.0767. The second kappa shape index (κ2) is 7.23. The maximum absolute atomic E-state index is 13.3. The average molecular weight is 389 g/mol. The van der Waals surface area contributed by atoms with Crippen LogP contribution >= 0.6 is 0 Å². The standard InChI is InChI=1S/C19H17F2N3O4/c1-9(25)18-22-23-19(27-18)12-4-10(5-12)6-16(26)15-8-17(28-24-15)11-2-3-13(20)14(21)7-11/h2-3,7-10,12,25H,4-6H2,1H3/t9-,10?,12?/m1/s1. The van der Waals surface area contributed by atoms with Gasteiger partial charge in [0, 0.05) is 24.0 Å². The van der Waals surface area contributed by atoms with Crippen LogP contribution in [-0.2, 0) is 0 Å². The number of hydrogen-bond donors (Lipinski definition) is 1. The highest BCUT2D eigenvalue weighted by Crippen LogP contribution is 2.43. The van der Waals surface area contributed by atoms with Crippen LogP contribution in [0.25, 0.3) is 11.3 Å². The summed E-state index contributed by atoms with van der Waals surface area (Å²) in [5.41, 5.74) is 0.455. The number of nitrogens with zero attached hydrogens (tertiary/aromatic N) is 3. The van der Waals surface area contributed by atoms with Crippen molar-refractivity contribution in [2.45, 2.75) is 38.2 Å². The summed E-state index contributed by atoms with van der Waals surface area (Å²) >= 11 is 0. The first kappa shape index (κ1) is 18.4. The highest BCUT2D eigenvalue weighted by atomic mass is 19.2. The zero-order valence-corrected chi connectivity index (χ0v) is 14.9. The van der Waals surface area contributed by atoms with Crippen LogP contribution < -0.4 is 0 Å². The van der Waals surface area contributed by atoms with Gasteiger partial charge < -0.3 is 14.0 Å². The number of carbonyl (C=O) groups excluding carboxylic acids is 1. The number of carbonyl (C=O) groups is 1. The van der Waals surface area contributed by atoms with E-state index in [1.54, 1.807) is 6.92 Å². The van der Waals surface area contributed by atoms with E-state index >= 15 is 0 Å². The van der Waals surface area contributed by atoms with Crippen molar-refractivity contribution in [3.05, 3.63) is 53.4 Å². The topological polar surface area (TPSA) is 102 Å². The van der Waals surface area contributed by atoms with Gasteiger partial charge in [-0.15, -0.1) is 10.2 Å². The van der Waals surface area contributed by atoms with Gasteiger partial charge in [-0.3, -0.25) is 4.79 Å². The quantitative estimate of drug-likeness (QED) is 0.639. The van der Waals surface area contributed by atoms with Gasteiger partial charge in [-0.1, -0.05) is 5.16 Å². The highest BCUT2D eigenvalue weighted by Gasteiger charge is 2.36. The number of hydrogen-bond acceptors (Lipinski definition) is 7. The Balaban J connectivity index is 1.35. The van der Waals surface area contributed by atoms with Crippen LogP contribution in [0.5, 0.6) is 0 Å². The van der Waals surface area contributed by atoms with Crippen LogP contribution in [0.1, 0.15) is 60.5 Å². The molecule has 1 atom stereocenters. The van der Waals surface area contributed by atoms with E-state index in [0.29, 0.717) is 11.5 Å². The van der Waals surface area contributed by atoms with Crippen LogP contribution in [0.15, 0.2) is 33.2 Å². The van der Waals surface area contributed by atoms with E-state index in [-0.39, 0.29) is 41.4 Å². The first-order chi connectivity index (χ1) is 13.4. The second-order valence-electron chi connectivity index (χ2n) is 7.02. The lowest BCUT2D eigenvalue weighted by atomic mass is 9.72. The minimum atomic E-state index is -0.998. The number of benzene rings is 1. The van der Waals surface area contributed by atoms with E-state index in [4.69, 9.17) is 8.94 Å². The number of aliphatic hydroxyl groups excluding tert-OH is 1. The lowest BCUT2D eigenvalue weighted by Gasteiger charge is -2.32. The summed E-state index contributed by atoms with van der Waals surface area (Å²) in [7, 11) is 0. The number of aromatic nitrogens is 3. The molecule has 9 heteroatoms. The van der Waals surface area contributed by atoms with Crippen molar-refractivity contribution in [3.8, 4) is 11.3 Å². The molecule has 1 saturated carbocycles. The Morgan fingerprint density at radius 2 is 2.04 bits per heavy atom. The zero-order valence-electron chi connectivity index (χ0n) is 14.9. The van der Waals surface area contributed by atoms with Crippen LogP contribution in [0.2, 0.25) is 0 Å². The van der Waals surface area contributed by atoms with Crippen molar-refractivity contribution >= 4 is 5.78 Å². The molecule has 2 heterocycles. The van der Waals surface area contributed by atoms with Crippen LogP contribution in [0.3, 0.4) is 0 Å². The predicted molar refractivity (Wildman–Crippen MR) is 91.2 cm³/mol. The summed E-state index contributed by atoms with van der Waals surface area (Å²) in [6.45, 7) is 1.55. The molecular formula is C19H17F2N3O4. The Bertz CT molecular complexity index is 1010. The SMILES string of the molecule is C[C@@H](O)c1nnc(C2CC(CC(=O)c3cc(-c4ccc(F)c(F)c4)on3)C2)o1. The van der Waals surface area contributed by atoms with Gasteiger partial charge in [0.15, 0.2) is 23.2 Å². The van der Waals surface area contributed by atoms with Gasteiger partial charge in [0.25, 0.3) is 0 Å². The molecule has 0 aliphatic heterocycles. The Kier molecular flexibility index (Phi) is 4.76. The molecule has 0 spiro atoms. The van der Waals surface area contributed by atoms with Gasteiger partial charge in [0.2, 0.25) is 11.8 Å². The lowest BCUT2D eigenvalue weighted by Crippen LogP contribution is -2.24. The van der Waals surface area contributed by atoms with Gasteiger partial charge in [-0.2, -0.15) is 0 Å². The van der Waals surface area contributed by atoms with Gasteiger partial charge in [-0.05, 0) is 43.9 Å². The van der Waals surface area contributed by atoms with Gasteiger partial charge in [0.1, 0.15) is 11.8 Å². The second-order valence-corrected chi connectivity index (χ2v) is 7.02. The third kappa shape index (κ3) is 3.57. The Labute approximate surface area is 158 Å². The largest absolute Gasteiger partial charge is 0.422 e. The number of halogens is 2. The fourth-order valence-electron chi connectivity index (χ4n) is 3.24. The highest BCUT2D eigenvalue weighted by molar-refractivity contribution is 5.95. The monoisotopic (exact) mass is 389 g/mol. The van der Waals surface area contributed by atoms with Crippen molar-refractivity contribution in [1.82, 2.24) is 15.4 Å². The summed E-state index contributed by atoms with van der Waals surface area (Å²) in [5.74, 6) is -1.05. The van der Waals surface area contributed by atoms with Crippen LogP contribution in [-0.4, -0.2) is 26.2 Å². The Morgan fingerprint density at radius 1 is 1.25 bits per heavy atom. The van der Waals surface area contributed by atoms with E-state index < -0.39 is 17.7 Å². The molecule has 1 aliphatic rings. The summed E-state index contributed by atoms with van der Waals surface area (Å²) in [6, 6.07) is 4.77. The molecule has 1 aliphatic carbocycles. The van der Waals surface area contributed by atoms with E-state index in [0.717, 1.165) is 25.0 Å². The fourth-order valence-corrected chi connectivity index (χ4v) is 3.24. The Morgan fingerprint density at radius 3 is 2.71 bits per heavy atom. The number of rotatable bonds is 6. The molecule has 0 saturated heterocycles. The first-order valence-corrected chi connectivity index (χ1v) is 8.87. The molecule has 1 N–H and O–H groups in total. The molecule has 0 bridgehead atoms. The summed E-state index contributed by atoms with van der Waals surface area (Å²) in [5, 5.41) is 20.9. The third-order valence-electron chi connectivity index (χ3n) is 4.87. The van der Waals surface area contributed by atoms with E-state index in [1.807, 2.05) is 0 Å². The van der Waals surface area contributed by atoms with E-state index in [1.165, 1.54) is 12.1 Å².